The quantitative estimate of drug-likeness (QED) is 0.796. The van der Waals surface area contributed by atoms with E-state index in [1.807, 2.05) is 0 Å². The fourth-order valence-corrected chi connectivity index (χ4v) is 1.70. The standard InChI is InChI=1S/C16H16F2N2O3/c1-9(21)3-4-11-5-7-12(8-6-11)16(23)20-13(15(19)22)10(2)14(17)18/h5-8,10,13-14H,1-2H3,(H2,19,22)(H,20,23). The van der Waals surface area contributed by atoms with Gasteiger partial charge < -0.3 is 11.1 Å². The van der Waals surface area contributed by atoms with E-state index in [1.165, 1.54) is 31.2 Å². The van der Waals surface area contributed by atoms with E-state index in [4.69, 9.17) is 5.73 Å². The Morgan fingerprint density at radius 1 is 1.17 bits per heavy atom. The number of alkyl halides is 2. The van der Waals surface area contributed by atoms with Crippen molar-refractivity contribution >= 4 is 17.6 Å². The number of Topliss-reactive ketones (excluding diaryl/α,β-unsaturated/α-hetero) is 1. The van der Waals surface area contributed by atoms with Crippen LogP contribution in [0, 0.1) is 17.8 Å². The van der Waals surface area contributed by atoms with Crippen LogP contribution in [0.15, 0.2) is 24.3 Å². The van der Waals surface area contributed by atoms with Crippen LogP contribution in [0.1, 0.15) is 29.8 Å². The van der Waals surface area contributed by atoms with Crippen LogP contribution in [0.3, 0.4) is 0 Å². The third kappa shape index (κ3) is 5.51. The van der Waals surface area contributed by atoms with Gasteiger partial charge in [-0.1, -0.05) is 12.8 Å². The van der Waals surface area contributed by atoms with Gasteiger partial charge in [0, 0.05) is 24.0 Å². The molecule has 0 saturated carbocycles. The number of carbonyl (C=O) groups is 3. The van der Waals surface area contributed by atoms with Crippen LogP contribution in [-0.2, 0) is 9.59 Å². The summed E-state index contributed by atoms with van der Waals surface area (Å²) in [7, 11) is 0. The van der Waals surface area contributed by atoms with Crippen LogP contribution >= 0.6 is 0 Å². The monoisotopic (exact) mass is 322 g/mol. The first-order chi connectivity index (χ1) is 10.7. The zero-order valence-corrected chi connectivity index (χ0v) is 12.6. The molecular formula is C16H16F2N2O3. The number of benzene rings is 1. The molecule has 1 aromatic carbocycles. The van der Waals surface area contributed by atoms with Gasteiger partial charge in [-0.05, 0) is 30.2 Å². The molecule has 1 aromatic rings. The Labute approximate surface area is 132 Å². The number of primary amides is 1. The second-order valence-corrected chi connectivity index (χ2v) is 4.93. The Kier molecular flexibility index (Phi) is 6.39. The fourth-order valence-electron chi connectivity index (χ4n) is 1.70. The zero-order valence-electron chi connectivity index (χ0n) is 12.6. The molecule has 3 N–H and O–H groups in total. The lowest BCUT2D eigenvalue weighted by atomic mass is 10.0. The lowest BCUT2D eigenvalue weighted by Gasteiger charge is -2.21. The molecule has 5 nitrogen and oxygen atoms in total. The molecule has 0 fully saturated rings. The number of hydrogen-bond donors (Lipinski definition) is 2. The molecule has 0 aliphatic rings. The van der Waals surface area contributed by atoms with Crippen LogP contribution in [0.25, 0.3) is 0 Å². The maximum atomic E-state index is 12.7. The zero-order chi connectivity index (χ0) is 17.6. The molecule has 0 bridgehead atoms. The summed E-state index contributed by atoms with van der Waals surface area (Å²) < 4.78 is 25.4. The number of hydrogen-bond acceptors (Lipinski definition) is 3. The minimum Gasteiger partial charge on any atom is -0.368 e. The molecule has 122 valence electrons. The van der Waals surface area contributed by atoms with E-state index in [-0.39, 0.29) is 11.3 Å². The molecule has 0 saturated heterocycles. The van der Waals surface area contributed by atoms with E-state index in [0.29, 0.717) is 5.56 Å². The fraction of sp³-hybridized carbons (Fsp3) is 0.312. The Morgan fingerprint density at radius 3 is 2.17 bits per heavy atom. The van der Waals surface area contributed by atoms with Gasteiger partial charge >= 0.3 is 0 Å². The number of amides is 2. The number of carbonyl (C=O) groups excluding carboxylic acids is 3. The van der Waals surface area contributed by atoms with E-state index in [2.05, 4.69) is 17.2 Å². The third-order valence-electron chi connectivity index (χ3n) is 3.05. The van der Waals surface area contributed by atoms with Gasteiger partial charge in [0.05, 0.1) is 0 Å². The Bertz CT molecular complexity index is 660. The number of nitrogens with two attached hydrogens (primary N) is 1. The Hall–Kier alpha value is -2.75. The van der Waals surface area contributed by atoms with E-state index < -0.39 is 30.2 Å². The van der Waals surface area contributed by atoms with Crippen molar-refractivity contribution in [1.82, 2.24) is 5.32 Å². The van der Waals surface area contributed by atoms with Crippen molar-refractivity contribution in [3.8, 4) is 11.8 Å². The summed E-state index contributed by atoms with van der Waals surface area (Å²) in [5, 5.41) is 2.20. The van der Waals surface area contributed by atoms with Crippen LogP contribution in [0.2, 0.25) is 0 Å². The highest BCUT2D eigenvalue weighted by Gasteiger charge is 2.31. The Morgan fingerprint density at radius 2 is 1.74 bits per heavy atom. The molecule has 0 radical (unpaired) electrons. The largest absolute Gasteiger partial charge is 0.368 e. The van der Waals surface area contributed by atoms with Gasteiger partial charge in [0.25, 0.3) is 5.91 Å². The van der Waals surface area contributed by atoms with Crippen LogP contribution in [0.5, 0.6) is 0 Å². The lowest BCUT2D eigenvalue weighted by Crippen LogP contribution is -2.50. The molecule has 0 aliphatic heterocycles. The molecule has 0 aliphatic carbocycles. The van der Waals surface area contributed by atoms with E-state index in [0.717, 1.165) is 6.92 Å². The van der Waals surface area contributed by atoms with Crippen LogP contribution in [-0.4, -0.2) is 30.1 Å². The summed E-state index contributed by atoms with van der Waals surface area (Å²) in [6.07, 6.45) is -2.79. The predicted octanol–water partition coefficient (Wildman–Crippen LogP) is 1.11. The highest BCUT2D eigenvalue weighted by atomic mass is 19.3. The van der Waals surface area contributed by atoms with Crippen LogP contribution in [0.4, 0.5) is 8.78 Å². The highest BCUT2D eigenvalue weighted by molar-refractivity contribution is 5.97. The minimum absolute atomic E-state index is 0.158. The molecule has 2 atom stereocenters. The minimum atomic E-state index is -2.79. The normalized spacial score (nSPS) is 12.7. The van der Waals surface area contributed by atoms with Crippen LogP contribution < -0.4 is 11.1 Å². The summed E-state index contributed by atoms with van der Waals surface area (Å²) in [6.45, 7) is 2.45. The van der Waals surface area contributed by atoms with Gasteiger partial charge in [-0.2, -0.15) is 0 Å². The van der Waals surface area contributed by atoms with Crippen molar-refractivity contribution in [3.63, 3.8) is 0 Å². The van der Waals surface area contributed by atoms with Gasteiger partial charge in [-0.3, -0.25) is 14.4 Å². The lowest BCUT2D eigenvalue weighted by molar-refractivity contribution is -0.122. The molecule has 1 rings (SSSR count). The molecule has 0 spiro atoms. The molecule has 2 amide bonds. The van der Waals surface area contributed by atoms with Gasteiger partial charge in [-0.15, -0.1) is 0 Å². The second kappa shape index (κ2) is 8.03. The van der Waals surface area contributed by atoms with Crippen molar-refractivity contribution in [2.75, 3.05) is 0 Å². The molecule has 0 heterocycles. The van der Waals surface area contributed by atoms with Crippen molar-refractivity contribution in [3.05, 3.63) is 35.4 Å². The average Bonchev–Trinajstić information content (AvgIpc) is 2.49. The summed E-state index contributed by atoms with van der Waals surface area (Å²) in [6, 6.07) is 4.34. The van der Waals surface area contributed by atoms with Gasteiger partial charge in [-0.25, -0.2) is 8.78 Å². The van der Waals surface area contributed by atoms with Crippen molar-refractivity contribution in [2.45, 2.75) is 26.3 Å². The van der Waals surface area contributed by atoms with Crippen molar-refractivity contribution < 1.29 is 23.2 Å². The van der Waals surface area contributed by atoms with E-state index >= 15 is 0 Å². The molecular weight excluding hydrogens is 306 g/mol. The third-order valence-corrected chi connectivity index (χ3v) is 3.05. The predicted molar refractivity (Wildman–Crippen MR) is 79.6 cm³/mol. The van der Waals surface area contributed by atoms with E-state index in [1.54, 1.807) is 0 Å². The number of nitrogens with one attached hydrogen (secondary N) is 1. The number of ketones is 1. The molecule has 2 unspecified atom stereocenters. The van der Waals surface area contributed by atoms with Gasteiger partial charge in [0.2, 0.25) is 18.1 Å². The Balaban J connectivity index is 2.87. The van der Waals surface area contributed by atoms with Crippen molar-refractivity contribution in [2.24, 2.45) is 11.7 Å². The highest BCUT2D eigenvalue weighted by Crippen LogP contribution is 2.14. The number of rotatable bonds is 5. The number of halogens is 2. The summed E-state index contributed by atoms with van der Waals surface area (Å²) in [5.74, 6) is 1.52. The van der Waals surface area contributed by atoms with Gasteiger partial charge in [0.15, 0.2) is 0 Å². The summed E-state index contributed by atoms with van der Waals surface area (Å²) in [4.78, 5) is 34.0. The maximum Gasteiger partial charge on any atom is 0.251 e. The molecule has 0 aromatic heterocycles. The van der Waals surface area contributed by atoms with Crippen molar-refractivity contribution in [1.29, 1.82) is 0 Å². The summed E-state index contributed by atoms with van der Waals surface area (Å²) >= 11 is 0. The molecule has 7 heteroatoms. The first-order valence-electron chi connectivity index (χ1n) is 6.73. The summed E-state index contributed by atoms with van der Waals surface area (Å²) in [5.41, 5.74) is 5.73. The van der Waals surface area contributed by atoms with E-state index in [9.17, 15) is 23.2 Å². The smallest absolute Gasteiger partial charge is 0.251 e. The first-order valence-corrected chi connectivity index (χ1v) is 6.73. The SMILES string of the molecule is CC(=O)C#Cc1ccc(C(=O)NC(C(N)=O)C(C)C(F)F)cc1. The second-order valence-electron chi connectivity index (χ2n) is 4.93. The topological polar surface area (TPSA) is 89.3 Å². The average molecular weight is 322 g/mol. The first kappa shape index (κ1) is 18.3. The molecule has 23 heavy (non-hydrogen) atoms. The van der Waals surface area contributed by atoms with Gasteiger partial charge in [0.1, 0.15) is 6.04 Å². The maximum absolute atomic E-state index is 12.7.